The highest BCUT2D eigenvalue weighted by Gasteiger charge is 2.39. The second-order valence-electron chi connectivity index (χ2n) is 4.71. The molecule has 0 saturated carbocycles. The van der Waals surface area contributed by atoms with Crippen molar-refractivity contribution in [2.24, 2.45) is 0 Å². The zero-order valence-corrected chi connectivity index (χ0v) is 10.9. The minimum Gasteiger partial charge on any atom is -0.481 e. The number of allylic oxidation sites excluding steroid dienone is 2. The maximum atomic E-state index is 11.8. The monoisotopic (exact) mass is 244 g/mol. The SMILES string of the molecule is C=CCCC(CC(=C)C)(C(=O)O)c1ccccc1. The molecule has 0 heterocycles. The lowest BCUT2D eigenvalue weighted by atomic mass is 9.72. The summed E-state index contributed by atoms with van der Waals surface area (Å²) in [7, 11) is 0. The van der Waals surface area contributed by atoms with Crippen LogP contribution in [-0.2, 0) is 10.2 Å². The lowest BCUT2D eigenvalue weighted by Gasteiger charge is -2.30. The molecule has 0 aliphatic rings. The molecule has 1 aromatic rings. The molecule has 0 aliphatic heterocycles. The molecule has 18 heavy (non-hydrogen) atoms. The molecule has 2 heteroatoms. The zero-order valence-electron chi connectivity index (χ0n) is 10.9. The summed E-state index contributed by atoms with van der Waals surface area (Å²) in [5.74, 6) is -0.793. The molecule has 0 amide bonds. The predicted octanol–water partition coefficient (Wildman–Crippen LogP) is 3.94. The highest BCUT2D eigenvalue weighted by molar-refractivity contribution is 5.81. The van der Waals surface area contributed by atoms with Gasteiger partial charge in [-0.25, -0.2) is 0 Å². The van der Waals surface area contributed by atoms with Gasteiger partial charge in [0.1, 0.15) is 0 Å². The van der Waals surface area contributed by atoms with Gasteiger partial charge in [-0.05, 0) is 31.7 Å². The van der Waals surface area contributed by atoms with Gasteiger partial charge in [0.15, 0.2) is 0 Å². The first-order chi connectivity index (χ1) is 8.53. The lowest BCUT2D eigenvalue weighted by Crippen LogP contribution is -2.36. The van der Waals surface area contributed by atoms with Gasteiger partial charge in [-0.2, -0.15) is 0 Å². The smallest absolute Gasteiger partial charge is 0.314 e. The number of hydrogen-bond acceptors (Lipinski definition) is 1. The molecule has 0 aliphatic carbocycles. The van der Waals surface area contributed by atoms with Crippen LogP contribution in [0.25, 0.3) is 0 Å². The molecule has 0 aromatic heterocycles. The fraction of sp³-hybridized carbons (Fsp3) is 0.312. The maximum absolute atomic E-state index is 11.8. The molecule has 0 fully saturated rings. The van der Waals surface area contributed by atoms with E-state index in [1.807, 2.05) is 37.3 Å². The average Bonchev–Trinajstić information content (AvgIpc) is 2.34. The molecular formula is C16H20O2. The Morgan fingerprint density at radius 3 is 2.44 bits per heavy atom. The van der Waals surface area contributed by atoms with Crippen LogP contribution in [0.2, 0.25) is 0 Å². The highest BCUT2D eigenvalue weighted by Crippen LogP contribution is 2.36. The van der Waals surface area contributed by atoms with E-state index in [1.54, 1.807) is 6.08 Å². The molecule has 0 saturated heterocycles. The van der Waals surface area contributed by atoms with Gasteiger partial charge in [-0.15, -0.1) is 13.2 Å². The second kappa shape index (κ2) is 6.20. The molecule has 0 spiro atoms. The van der Waals surface area contributed by atoms with Crippen molar-refractivity contribution in [2.75, 3.05) is 0 Å². The first-order valence-corrected chi connectivity index (χ1v) is 6.07. The normalized spacial score (nSPS) is 13.6. The largest absolute Gasteiger partial charge is 0.481 e. The standard InChI is InChI=1S/C16H20O2/c1-4-5-11-16(15(17)18,12-13(2)3)14-9-7-6-8-10-14/h4,6-10H,1-2,5,11-12H2,3H3,(H,17,18). The predicted molar refractivity (Wildman–Crippen MR) is 74.6 cm³/mol. The number of carboxylic acid groups (broad SMARTS) is 1. The van der Waals surface area contributed by atoms with Gasteiger partial charge < -0.3 is 5.11 Å². The Hall–Kier alpha value is -1.83. The summed E-state index contributed by atoms with van der Waals surface area (Å²) in [6, 6.07) is 9.39. The van der Waals surface area contributed by atoms with Crippen LogP contribution in [0.4, 0.5) is 0 Å². The number of aliphatic carboxylic acids is 1. The summed E-state index contributed by atoms with van der Waals surface area (Å²) >= 11 is 0. The van der Waals surface area contributed by atoms with Crippen LogP contribution < -0.4 is 0 Å². The molecule has 1 N–H and O–H groups in total. The summed E-state index contributed by atoms with van der Waals surface area (Å²) in [5, 5.41) is 9.68. The first kappa shape index (κ1) is 14.2. The number of hydrogen-bond donors (Lipinski definition) is 1. The summed E-state index contributed by atoms with van der Waals surface area (Å²) in [5.41, 5.74) is 0.828. The van der Waals surface area contributed by atoms with Crippen LogP contribution in [-0.4, -0.2) is 11.1 Å². The van der Waals surface area contributed by atoms with Crippen LogP contribution in [0.3, 0.4) is 0 Å². The van der Waals surface area contributed by atoms with Crippen molar-refractivity contribution < 1.29 is 9.90 Å². The van der Waals surface area contributed by atoms with Gasteiger partial charge in [0.05, 0.1) is 5.41 Å². The Morgan fingerprint density at radius 1 is 1.39 bits per heavy atom. The fourth-order valence-electron chi connectivity index (χ4n) is 2.26. The minimum atomic E-state index is -0.888. The Labute approximate surface area is 109 Å². The van der Waals surface area contributed by atoms with E-state index in [-0.39, 0.29) is 0 Å². The maximum Gasteiger partial charge on any atom is 0.314 e. The molecule has 1 rings (SSSR count). The molecule has 0 bridgehead atoms. The Morgan fingerprint density at radius 2 is 2.00 bits per heavy atom. The number of rotatable bonds is 7. The van der Waals surface area contributed by atoms with E-state index in [0.717, 1.165) is 11.1 Å². The molecule has 1 unspecified atom stereocenters. The van der Waals surface area contributed by atoms with Crippen LogP contribution >= 0.6 is 0 Å². The summed E-state index contributed by atoms with van der Waals surface area (Å²) in [6.45, 7) is 9.42. The van der Waals surface area contributed by atoms with Crippen molar-refractivity contribution in [3.05, 3.63) is 60.7 Å². The van der Waals surface area contributed by atoms with E-state index >= 15 is 0 Å². The third kappa shape index (κ3) is 3.10. The average molecular weight is 244 g/mol. The highest BCUT2D eigenvalue weighted by atomic mass is 16.4. The first-order valence-electron chi connectivity index (χ1n) is 6.07. The molecular weight excluding hydrogens is 224 g/mol. The summed E-state index contributed by atoms with van der Waals surface area (Å²) in [6.07, 6.45) is 3.44. The Bertz CT molecular complexity index is 434. The van der Waals surface area contributed by atoms with Crippen LogP contribution in [0.1, 0.15) is 31.7 Å². The van der Waals surface area contributed by atoms with Crippen molar-refractivity contribution in [1.29, 1.82) is 0 Å². The van der Waals surface area contributed by atoms with Crippen LogP contribution in [0, 0.1) is 0 Å². The molecule has 1 aromatic carbocycles. The number of carbonyl (C=O) groups is 1. The quantitative estimate of drug-likeness (QED) is 0.737. The van der Waals surface area contributed by atoms with Gasteiger partial charge in [0.25, 0.3) is 0 Å². The lowest BCUT2D eigenvalue weighted by molar-refractivity contribution is -0.144. The summed E-state index contributed by atoms with van der Waals surface area (Å²) in [4.78, 5) is 11.8. The molecule has 2 nitrogen and oxygen atoms in total. The van der Waals surface area contributed by atoms with Gasteiger partial charge in [-0.3, -0.25) is 4.79 Å². The Kier molecular flexibility index (Phi) is 4.90. The zero-order chi connectivity index (χ0) is 13.6. The third-order valence-corrected chi connectivity index (χ3v) is 3.11. The van der Waals surface area contributed by atoms with Crippen LogP contribution in [0.5, 0.6) is 0 Å². The molecule has 0 radical (unpaired) electrons. The van der Waals surface area contributed by atoms with Gasteiger partial charge in [0, 0.05) is 0 Å². The van der Waals surface area contributed by atoms with Gasteiger partial charge in [-0.1, -0.05) is 42.0 Å². The van der Waals surface area contributed by atoms with Crippen molar-refractivity contribution in [3.8, 4) is 0 Å². The van der Waals surface area contributed by atoms with E-state index in [4.69, 9.17) is 0 Å². The molecule has 96 valence electrons. The van der Waals surface area contributed by atoms with Crippen molar-refractivity contribution in [3.63, 3.8) is 0 Å². The van der Waals surface area contributed by atoms with E-state index in [2.05, 4.69) is 13.2 Å². The topological polar surface area (TPSA) is 37.3 Å². The summed E-state index contributed by atoms with van der Waals surface area (Å²) < 4.78 is 0. The van der Waals surface area contributed by atoms with E-state index in [1.165, 1.54) is 0 Å². The fourth-order valence-corrected chi connectivity index (χ4v) is 2.26. The second-order valence-corrected chi connectivity index (χ2v) is 4.71. The van der Waals surface area contributed by atoms with E-state index in [0.29, 0.717) is 19.3 Å². The number of carboxylic acids is 1. The third-order valence-electron chi connectivity index (χ3n) is 3.11. The van der Waals surface area contributed by atoms with E-state index in [9.17, 15) is 9.90 Å². The van der Waals surface area contributed by atoms with Crippen molar-refractivity contribution >= 4 is 5.97 Å². The van der Waals surface area contributed by atoms with Crippen molar-refractivity contribution in [2.45, 2.75) is 31.6 Å². The number of benzene rings is 1. The minimum absolute atomic E-state index is 0.459. The van der Waals surface area contributed by atoms with Crippen molar-refractivity contribution in [1.82, 2.24) is 0 Å². The van der Waals surface area contributed by atoms with Gasteiger partial charge >= 0.3 is 5.97 Å². The van der Waals surface area contributed by atoms with Crippen LogP contribution in [0.15, 0.2) is 55.1 Å². The Balaban J connectivity index is 3.23. The van der Waals surface area contributed by atoms with E-state index < -0.39 is 11.4 Å². The van der Waals surface area contributed by atoms with Gasteiger partial charge in [0.2, 0.25) is 0 Å². The molecule has 1 atom stereocenters.